The van der Waals surface area contributed by atoms with E-state index in [9.17, 15) is 18.3 Å². The molecule has 0 saturated carbocycles. The molecule has 0 unspecified atom stereocenters. The second-order valence-corrected chi connectivity index (χ2v) is 10.7. The number of hydrogen-bond donors (Lipinski definition) is 3. The molecule has 8 nitrogen and oxygen atoms in total. The normalized spacial score (nSPS) is 12.7. The van der Waals surface area contributed by atoms with E-state index in [0.29, 0.717) is 34.4 Å². The van der Waals surface area contributed by atoms with E-state index in [1.165, 1.54) is 0 Å². The number of nitrogens with zero attached hydrogens (tertiary/aromatic N) is 2. The summed E-state index contributed by atoms with van der Waals surface area (Å²) >= 11 is 0. The highest BCUT2D eigenvalue weighted by atomic mass is 32.2. The van der Waals surface area contributed by atoms with Crippen molar-refractivity contribution in [3.63, 3.8) is 0 Å². The Balaban J connectivity index is 1.63. The van der Waals surface area contributed by atoms with Crippen LogP contribution >= 0.6 is 0 Å². The number of rotatable bonds is 8. The molecule has 176 valence electrons. The SMILES string of the molecule is CC(C)S(=O)(=O)c1ccc(-c2cnc3[nH]cc(C(=O)N[C@H](CCO)c4ccccc4)c3n2)cc1. The van der Waals surface area contributed by atoms with Gasteiger partial charge in [-0.25, -0.2) is 18.4 Å². The van der Waals surface area contributed by atoms with Crippen LogP contribution in [0, 0.1) is 0 Å². The zero-order valence-electron chi connectivity index (χ0n) is 18.9. The van der Waals surface area contributed by atoms with Crippen molar-refractivity contribution in [1.82, 2.24) is 20.3 Å². The van der Waals surface area contributed by atoms with Crippen LogP contribution in [0.2, 0.25) is 0 Å². The van der Waals surface area contributed by atoms with Crippen LogP contribution in [0.4, 0.5) is 0 Å². The van der Waals surface area contributed by atoms with Gasteiger partial charge in [-0.1, -0.05) is 42.5 Å². The van der Waals surface area contributed by atoms with E-state index in [1.807, 2.05) is 30.3 Å². The molecule has 34 heavy (non-hydrogen) atoms. The minimum Gasteiger partial charge on any atom is -0.396 e. The first kappa shape index (κ1) is 23.6. The van der Waals surface area contributed by atoms with Gasteiger partial charge in [0.15, 0.2) is 15.5 Å². The average molecular weight is 479 g/mol. The molecule has 0 aliphatic carbocycles. The van der Waals surface area contributed by atoms with Gasteiger partial charge in [0.2, 0.25) is 0 Å². The van der Waals surface area contributed by atoms with Crippen LogP contribution < -0.4 is 5.32 Å². The van der Waals surface area contributed by atoms with Crippen LogP contribution in [0.3, 0.4) is 0 Å². The monoisotopic (exact) mass is 478 g/mol. The molecule has 3 N–H and O–H groups in total. The predicted molar refractivity (Wildman–Crippen MR) is 130 cm³/mol. The van der Waals surface area contributed by atoms with E-state index in [2.05, 4.69) is 20.3 Å². The molecule has 2 heterocycles. The Morgan fingerprint density at radius 3 is 2.44 bits per heavy atom. The number of aromatic amines is 1. The van der Waals surface area contributed by atoms with Gasteiger partial charge in [-0.3, -0.25) is 4.79 Å². The maximum absolute atomic E-state index is 13.1. The van der Waals surface area contributed by atoms with Crippen LogP contribution in [-0.4, -0.2) is 46.2 Å². The highest BCUT2D eigenvalue weighted by Crippen LogP contribution is 2.25. The smallest absolute Gasteiger partial charge is 0.255 e. The van der Waals surface area contributed by atoms with E-state index in [-0.39, 0.29) is 23.5 Å². The summed E-state index contributed by atoms with van der Waals surface area (Å²) < 4.78 is 24.8. The molecular formula is C25H26N4O4S. The molecule has 0 saturated heterocycles. The second kappa shape index (κ2) is 9.74. The molecule has 0 aliphatic heterocycles. The van der Waals surface area contributed by atoms with Gasteiger partial charge in [0, 0.05) is 18.4 Å². The average Bonchev–Trinajstić information content (AvgIpc) is 3.28. The summed E-state index contributed by atoms with van der Waals surface area (Å²) in [5, 5.41) is 11.9. The lowest BCUT2D eigenvalue weighted by Gasteiger charge is -2.18. The van der Waals surface area contributed by atoms with Crippen molar-refractivity contribution in [1.29, 1.82) is 0 Å². The van der Waals surface area contributed by atoms with E-state index >= 15 is 0 Å². The summed E-state index contributed by atoms with van der Waals surface area (Å²) in [5.41, 5.74) is 3.31. The second-order valence-electron chi connectivity index (χ2n) is 8.22. The number of carbonyl (C=O) groups is 1. The molecule has 4 aromatic rings. The molecule has 0 aliphatic rings. The molecule has 0 radical (unpaired) electrons. The van der Waals surface area contributed by atoms with Gasteiger partial charge in [0.25, 0.3) is 5.91 Å². The summed E-state index contributed by atoms with van der Waals surface area (Å²) in [7, 11) is -3.37. The summed E-state index contributed by atoms with van der Waals surface area (Å²) in [4.78, 5) is 25.3. The van der Waals surface area contributed by atoms with E-state index in [4.69, 9.17) is 0 Å². The minimum absolute atomic E-state index is 0.0692. The van der Waals surface area contributed by atoms with Crippen molar-refractivity contribution >= 4 is 26.9 Å². The number of fused-ring (bicyclic) bond motifs is 1. The van der Waals surface area contributed by atoms with Crippen LogP contribution in [0.1, 0.15) is 42.2 Å². The Bertz CT molecular complexity index is 1400. The third-order valence-electron chi connectivity index (χ3n) is 5.65. The number of H-pyrrole nitrogens is 1. The Morgan fingerprint density at radius 1 is 1.09 bits per heavy atom. The van der Waals surface area contributed by atoms with Gasteiger partial charge < -0.3 is 15.4 Å². The minimum atomic E-state index is -3.37. The Morgan fingerprint density at radius 2 is 1.79 bits per heavy atom. The number of aliphatic hydroxyl groups excluding tert-OH is 1. The first-order chi connectivity index (χ1) is 16.3. The van der Waals surface area contributed by atoms with Gasteiger partial charge in [0.05, 0.1) is 33.6 Å². The van der Waals surface area contributed by atoms with Crippen molar-refractivity contribution in [3.05, 3.63) is 78.1 Å². The Hall–Kier alpha value is -3.56. The van der Waals surface area contributed by atoms with Crippen LogP contribution in [0.25, 0.3) is 22.4 Å². The number of aliphatic hydroxyl groups is 1. The number of carbonyl (C=O) groups excluding carboxylic acids is 1. The molecule has 1 atom stereocenters. The van der Waals surface area contributed by atoms with Crippen molar-refractivity contribution in [2.45, 2.75) is 36.5 Å². The summed E-state index contributed by atoms with van der Waals surface area (Å²) in [6, 6.07) is 15.6. The van der Waals surface area contributed by atoms with Crippen LogP contribution in [0.15, 0.2) is 71.9 Å². The molecule has 0 fully saturated rings. The third kappa shape index (κ3) is 4.71. The van der Waals surface area contributed by atoms with Gasteiger partial charge in [0.1, 0.15) is 5.52 Å². The zero-order chi connectivity index (χ0) is 24.3. The number of amides is 1. The number of benzene rings is 2. The van der Waals surface area contributed by atoms with Gasteiger partial charge in [-0.15, -0.1) is 0 Å². The maximum Gasteiger partial charge on any atom is 0.255 e. The van der Waals surface area contributed by atoms with Crippen molar-refractivity contribution in [2.75, 3.05) is 6.61 Å². The predicted octanol–water partition coefficient (Wildman–Crippen LogP) is 3.66. The van der Waals surface area contributed by atoms with Crippen molar-refractivity contribution in [2.24, 2.45) is 0 Å². The number of hydrogen-bond acceptors (Lipinski definition) is 6. The van der Waals surface area contributed by atoms with Crippen molar-refractivity contribution < 1.29 is 18.3 Å². The molecule has 4 rings (SSSR count). The fraction of sp³-hybridized carbons (Fsp3) is 0.240. The van der Waals surface area contributed by atoms with E-state index < -0.39 is 15.1 Å². The maximum atomic E-state index is 13.1. The number of nitrogens with one attached hydrogen (secondary N) is 2. The van der Waals surface area contributed by atoms with Crippen molar-refractivity contribution in [3.8, 4) is 11.3 Å². The molecule has 0 spiro atoms. The fourth-order valence-electron chi connectivity index (χ4n) is 3.66. The summed E-state index contributed by atoms with van der Waals surface area (Å²) in [6.45, 7) is 3.22. The molecular weight excluding hydrogens is 452 g/mol. The van der Waals surface area contributed by atoms with Gasteiger partial charge in [-0.05, 0) is 38.0 Å². The van der Waals surface area contributed by atoms with E-state index in [1.54, 1.807) is 50.5 Å². The molecule has 9 heteroatoms. The molecule has 2 aromatic heterocycles. The van der Waals surface area contributed by atoms with Crippen LogP contribution in [0.5, 0.6) is 0 Å². The Labute approximate surface area is 198 Å². The molecule has 0 bridgehead atoms. The lowest BCUT2D eigenvalue weighted by Crippen LogP contribution is -2.29. The first-order valence-corrected chi connectivity index (χ1v) is 12.5. The highest BCUT2D eigenvalue weighted by Gasteiger charge is 2.21. The standard InChI is InChI=1S/C25H26N4O4S/c1-16(2)34(32,33)19-10-8-18(9-11-19)22-15-27-24-23(28-22)20(14-26-24)25(31)29-21(12-13-30)17-6-4-3-5-7-17/h3-11,14-16,21,30H,12-13H2,1-2H3,(H,26,27)(H,29,31)/t21-/m1/s1. The molecule has 1 amide bonds. The van der Waals surface area contributed by atoms with E-state index in [0.717, 1.165) is 5.56 Å². The van der Waals surface area contributed by atoms with Gasteiger partial charge >= 0.3 is 0 Å². The topological polar surface area (TPSA) is 125 Å². The first-order valence-electron chi connectivity index (χ1n) is 11.0. The lowest BCUT2D eigenvalue weighted by molar-refractivity contribution is 0.0931. The highest BCUT2D eigenvalue weighted by molar-refractivity contribution is 7.92. The lowest BCUT2D eigenvalue weighted by atomic mass is 10.0. The summed E-state index contributed by atoms with van der Waals surface area (Å²) in [5.74, 6) is -0.335. The largest absolute Gasteiger partial charge is 0.396 e. The number of aromatic nitrogens is 3. The fourth-order valence-corrected chi connectivity index (χ4v) is 4.72. The Kier molecular flexibility index (Phi) is 6.76. The quantitative estimate of drug-likeness (QED) is 0.355. The molecule has 2 aromatic carbocycles. The third-order valence-corrected chi connectivity index (χ3v) is 7.82. The summed E-state index contributed by atoms with van der Waals surface area (Å²) in [6.07, 6.45) is 3.51. The zero-order valence-corrected chi connectivity index (χ0v) is 19.7. The number of sulfone groups is 1. The van der Waals surface area contributed by atoms with Crippen LogP contribution in [-0.2, 0) is 9.84 Å². The van der Waals surface area contributed by atoms with Gasteiger partial charge in [-0.2, -0.15) is 0 Å².